The number of nitrogens with zero attached hydrogens (tertiary/aromatic N) is 3. The number of nitrogens with two attached hydrogens (primary N) is 1. The molecule has 1 heterocycles. The summed E-state index contributed by atoms with van der Waals surface area (Å²) in [6.45, 7) is 2.75. The van der Waals surface area contributed by atoms with E-state index in [1.54, 1.807) is 4.68 Å². The summed E-state index contributed by atoms with van der Waals surface area (Å²) in [4.78, 5) is 0. The second-order valence-electron chi connectivity index (χ2n) is 1.47. The van der Waals surface area contributed by atoms with Crippen molar-refractivity contribution in [3.63, 3.8) is 0 Å². The van der Waals surface area contributed by atoms with Gasteiger partial charge in [0.25, 0.3) is 0 Å². The number of rotatable bonds is 1. The Morgan fingerprint density at radius 1 is 1.88 bits per heavy atom. The van der Waals surface area contributed by atoms with Gasteiger partial charge in [0.2, 0.25) is 0 Å². The predicted octanol–water partition coefficient (Wildman–Crippen LogP) is -0.120. The molecule has 8 heavy (non-hydrogen) atoms. The van der Waals surface area contributed by atoms with E-state index in [9.17, 15) is 0 Å². The van der Waals surface area contributed by atoms with Crippen LogP contribution in [0.15, 0.2) is 6.20 Å². The lowest BCUT2D eigenvalue weighted by atomic mass is 10.7. The van der Waals surface area contributed by atoms with Crippen LogP contribution >= 0.6 is 0 Å². The number of hydrogen-bond acceptors (Lipinski definition) is 3. The van der Waals surface area contributed by atoms with Gasteiger partial charge in [0.05, 0.1) is 6.20 Å². The molecule has 0 saturated heterocycles. The Morgan fingerprint density at radius 2 is 2.62 bits per heavy atom. The van der Waals surface area contributed by atoms with Crippen molar-refractivity contribution < 1.29 is 0 Å². The fourth-order valence-electron chi connectivity index (χ4n) is 0.511. The van der Waals surface area contributed by atoms with Gasteiger partial charge in [0.15, 0.2) is 0 Å². The molecule has 0 amide bonds. The van der Waals surface area contributed by atoms with E-state index >= 15 is 0 Å². The summed E-state index contributed by atoms with van der Waals surface area (Å²) in [5.74, 6) is 0.618. The Kier molecular flexibility index (Phi) is 1.15. The zero-order chi connectivity index (χ0) is 5.98. The third-order valence-corrected chi connectivity index (χ3v) is 0.947. The molecule has 1 rings (SSSR count). The predicted molar refractivity (Wildman–Crippen MR) is 30.1 cm³/mol. The molecule has 1 aromatic heterocycles. The van der Waals surface area contributed by atoms with Crippen LogP contribution in [0.4, 0.5) is 5.82 Å². The summed E-state index contributed by atoms with van der Waals surface area (Å²) in [5.41, 5.74) is 5.39. The molecule has 0 unspecified atom stereocenters. The average Bonchev–Trinajstić information content (AvgIpc) is 2.14. The molecule has 44 valence electrons. The molecule has 0 spiro atoms. The molecule has 0 aromatic carbocycles. The summed E-state index contributed by atoms with van der Waals surface area (Å²) in [5, 5.41) is 7.26. The zero-order valence-corrected chi connectivity index (χ0v) is 4.70. The Balaban J connectivity index is 2.92. The lowest BCUT2D eigenvalue weighted by Gasteiger charge is -1.92. The molecule has 0 fully saturated rings. The third-order valence-electron chi connectivity index (χ3n) is 0.947. The molecule has 4 nitrogen and oxygen atoms in total. The van der Waals surface area contributed by atoms with Crippen molar-refractivity contribution in [3.8, 4) is 0 Å². The van der Waals surface area contributed by atoms with Crippen molar-refractivity contribution in [2.45, 2.75) is 13.5 Å². The van der Waals surface area contributed by atoms with Gasteiger partial charge in [-0.1, -0.05) is 5.21 Å². The Bertz CT molecular complexity index is 168. The van der Waals surface area contributed by atoms with Gasteiger partial charge in [0, 0.05) is 6.54 Å². The smallest absolute Gasteiger partial charge is 0.142 e. The molecule has 0 aliphatic carbocycles. The minimum Gasteiger partial charge on any atom is -0.383 e. The van der Waals surface area contributed by atoms with E-state index < -0.39 is 0 Å². The SMILES string of the molecule is CCn1nncc1N. The van der Waals surface area contributed by atoms with Gasteiger partial charge in [-0.05, 0) is 6.92 Å². The van der Waals surface area contributed by atoms with Crippen molar-refractivity contribution in [3.05, 3.63) is 6.20 Å². The second kappa shape index (κ2) is 1.81. The Labute approximate surface area is 47.3 Å². The van der Waals surface area contributed by atoms with Crippen LogP contribution < -0.4 is 5.73 Å². The summed E-state index contributed by atoms with van der Waals surface area (Å²) < 4.78 is 1.62. The maximum absolute atomic E-state index is 5.39. The van der Waals surface area contributed by atoms with E-state index in [4.69, 9.17) is 5.73 Å². The molecule has 1 aromatic rings. The summed E-state index contributed by atoms with van der Waals surface area (Å²) in [6.07, 6.45) is 1.53. The van der Waals surface area contributed by atoms with Crippen LogP contribution in [0.1, 0.15) is 6.92 Å². The first kappa shape index (κ1) is 5.08. The number of nitrogen functional groups attached to an aromatic ring is 1. The minimum atomic E-state index is 0.618. The first-order valence-electron chi connectivity index (χ1n) is 2.48. The van der Waals surface area contributed by atoms with Gasteiger partial charge in [-0.25, -0.2) is 4.68 Å². The molecule has 0 bridgehead atoms. The van der Waals surface area contributed by atoms with Crippen LogP contribution in [-0.2, 0) is 6.54 Å². The van der Waals surface area contributed by atoms with Crippen LogP contribution in [0.3, 0.4) is 0 Å². The van der Waals surface area contributed by atoms with E-state index in [-0.39, 0.29) is 0 Å². The highest BCUT2D eigenvalue weighted by Gasteiger charge is 1.91. The lowest BCUT2D eigenvalue weighted by molar-refractivity contribution is 0.635. The van der Waals surface area contributed by atoms with Crippen LogP contribution in [-0.4, -0.2) is 15.0 Å². The van der Waals surface area contributed by atoms with Crippen LogP contribution in [0.2, 0.25) is 0 Å². The third kappa shape index (κ3) is 0.641. The van der Waals surface area contributed by atoms with Gasteiger partial charge in [-0.15, -0.1) is 5.10 Å². The van der Waals surface area contributed by atoms with Gasteiger partial charge in [-0.2, -0.15) is 0 Å². The second-order valence-corrected chi connectivity index (χ2v) is 1.47. The standard InChI is InChI=1S/C4H8N4/c1-2-8-4(5)3-6-7-8/h3H,2,5H2,1H3. The van der Waals surface area contributed by atoms with Gasteiger partial charge in [-0.3, -0.25) is 0 Å². The van der Waals surface area contributed by atoms with E-state index in [0.717, 1.165) is 6.54 Å². The van der Waals surface area contributed by atoms with Gasteiger partial charge < -0.3 is 5.73 Å². The van der Waals surface area contributed by atoms with E-state index in [0.29, 0.717) is 5.82 Å². The number of aryl methyl sites for hydroxylation is 1. The molecular formula is C4H8N4. The summed E-state index contributed by atoms with van der Waals surface area (Å²) in [6, 6.07) is 0. The van der Waals surface area contributed by atoms with Crippen LogP contribution in [0.5, 0.6) is 0 Å². The Morgan fingerprint density at radius 3 is 2.88 bits per heavy atom. The number of hydrogen-bond donors (Lipinski definition) is 1. The van der Waals surface area contributed by atoms with Gasteiger partial charge >= 0.3 is 0 Å². The molecule has 0 radical (unpaired) electrons. The Hall–Kier alpha value is -1.06. The summed E-state index contributed by atoms with van der Waals surface area (Å²) in [7, 11) is 0. The van der Waals surface area contributed by atoms with E-state index in [1.807, 2.05) is 6.92 Å². The van der Waals surface area contributed by atoms with Crippen LogP contribution in [0.25, 0.3) is 0 Å². The highest BCUT2D eigenvalue weighted by molar-refractivity contribution is 5.21. The highest BCUT2D eigenvalue weighted by atomic mass is 15.4. The summed E-state index contributed by atoms with van der Waals surface area (Å²) >= 11 is 0. The normalized spacial score (nSPS) is 9.62. The molecular weight excluding hydrogens is 104 g/mol. The topological polar surface area (TPSA) is 56.7 Å². The number of anilines is 1. The highest BCUT2D eigenvalue weighted by Crippen LogP contribution is 1.93. The molecule has 0 aliphatic heterocycles. The largest absolute Gasteiger partial charge is 0.383 e. The lowest BCUT2D eigenvalue weighted by Crippen LogP contribution is -2.01. The molecule has 0 atom stereocenters. The molecule has 0 aliphatic rings. The molecule has 4 heteroatoms. The quantitative estimate of drug-likeness (QED) is 0.551. The fraction of sp³-hybridized carbons (Fsp3) is 0.500. The molecule has 0 saturated carbocycles. The first-order valence-corrected chi connectivity index (χ1v) is 2.48. The first-order chi connectivity index (χ1) is 3.84. The van der Waals surface area contributed by atoms with Crippen molar-refractivity contribution in [2.24, 2.45) is 0 Å². The van der Waals surface area contributed by atoms with Crippen molar-refractivity contribution in [2.75, 3.05) is 5.73 Å². The maximum atomic E-state index is 5.39. The van der Waals surface area contributed by atoms with Crippen molar-refractivity contribution in [1.82, 2.24) is 15.0 Å². The monoisotopic (exact) mass is 112 g/mol. The maximum Gasteiger partial charge on any atom is 0.142 e. The van der Waals surface area contributed by atoms with Crippen LogP contribution in [0, 0.1) is 0 Å². The van der Waals surface area contributed by atoms with E-state index in [2.05, 4.69) is 10.3 Å². The number of aromatic nitrogens is 3. The van der Waals surface area contributed by atoms with Gasteiger partial charge in [0.1, 0.15) is 5.82 Å². The zero-order valence-electron chi connectivity index (χ0n) is 4.70. The average molecular weight is 112 g/mol. The molecule has 2 N–H and O–H groups in total. The van der Waals surface area contributed by atoms with E-state index in [1.165, 1.54) is 6.20 Å². The van der Waals surface area contributed by atoms with Crippen molar-refractivity contribution in [1.29, 1.82) is 0 Å². The fourth-order valence-corrected chi connectivity index (χ4v) is 0.511. The van der Waals surface area contributed by atoms with Crippen molar-refractivity contribution >= 4 is 5.82 Å². The minimum absolute atomic E-state index is 0.618.